The van der Waals surface area contributed by atoms with Crippen molar-refractivity contribution >= 4 is 28.3 Å². The van der Waals surface area contributed by atoms with Gasteiger partial charge in [-0.05, 0) is 49.6 Å². The molecule has 0 aliphatic rings. The minimum absolute atomic E-state index is 0.305. The lowest BCUT2D eigenvalue weighted by atomic mass is 10.1. The van der Waals surface area contributed by atoms with Crippen LogP contribution in [0.15, 0.2) is 12.1 Å². The Balaban J connectivity index is 2.82. The van der Waals surface area contributed by atoms with E-state index in [9.17, 15) is 0 Å². The molecule has 1 aromatic carbocycles. The number of aromatic nitrogens is 2. The van der Waals surface area contributed by atoms with E-state index in [4.69, 9.17) is 11.6 Å². The molecular weight excluding hydrogens is 234 g/mol. The van der Waals surface area contributed by atoms with Gasteiger partial charge in [-0.2, -0.15) is 4.98 Å². The van der Waals surface area contributed by atoms with Crippen molar-refractivity contribution in [3.8, 4) is 0 Å². The molecule has 0 N–H and O–H groups in total. The molecule has 0 saturated heterocycles. The molecule has 1 heterocycles. The van der Waals surface area contributed by atoms with Crippen LogP contribution in [0.25, 0.3) is 10.9 Å². The van der Waals surface area contributed by atoms with Crippen LogP contribution in [0.1, 0.15) is 18.1 Å². The maximum atomic E-state index is 5.99. The van der Waals surface area contributed by atoms with Gasteiger partial charge in [0.1, 0.15) is 5.82 Å². The lowest BCUT2D eigenvalue weighted by molar-refractivity contribution is 0.939. The van der Waals surface area contributed by atoms with Crippen molar-refractivity contribution in [2.45, 2.75) is 20.8 Å². The van der Waals surface area contributed by atoms with Gasteiger partial charge in [-0.15, -0.1) is 0 Å². The van der Waals surface area contributed by atoms with Crippen LogP contribution < -0.4 is 4.90 Å². The van der Waals surface area contributed by atoms with Crippen molar-refractivity contribution in [1.29, 1.82) is 0 Å². The zero-order chi connectivity index (χ0) is 12.6. The number of anilines is 1. The van der Waals surface area contributed by atoms with Gasteiger partial charge < -0.3 is 4.90 Å². The molecule has 0 amide bonds. The zero-order valence-corrected chi connectivity index (χ0v) is 11.3. The van der Waals surface area contributed by atoms with Crippen LogP contribution in [0.3, 0.4) is 0 Å². The summed E-state index contributed by atoms with van der Waals surface area (Å²) in [5.41, 5.74) is 3.28. The quantitative estimate of drug-likeness (QED) is 0.765. The van der Waals surface area contributed by atoms with Crippen molar-refractivity contribution in [2.24, 2.45) is 0 Å². The first-order chi connectivity index (χ1) is 8.02. The fourth-order valence-electron chi connectivity index (χ4n) is 1.98. The summed E-state index contributed by atoms with van der Waals surface area (Å²) in [6.07, 6.45) is 0. The van der Waals surface area contributed by atoms with Crippen LogP contribution in [0, 0.1) is 13.8 Å². The molecule has 0 radical (unpaired) electrons. The summed E-state index contributed by atoms with van der Waals surface area (Å²) < 4.78 is 0. The molecule has 0 atom stereocenters. The third kappa shape index (κ3) is 2.20. The fraction of sp³-hybridized carbons (Fsp3) is 0.385. The van der Waals surface area contributed by atoms with Crippen molar-refractivity contribution in [2.75, 3.05) is 18.5 Å². The van der Waals surface area contributed by atoms with Crippen LogP contribution in [-0.2, 0) is 0 Å². The Labute approximate surface area is 106 Å². The van der Waals surface area contributed by atoms with E-state index in [2.05, 4.69) is 40.8 Å². The number of benzene rings is 1. The average molecular weight is 250 g/mol. The highest BCUT2D eigenvalue weighted by atomic mass is 35.5. The third-order valence-electron chi connectivity index (χ3n) is 2.92. The van der Waals surface area contributed by atoms with Gasteiger partial charge in [0, 0.05) is 19.0 Å². The van der Waals surface area contributed by atoms with Crippen LogP contribution >= 0.6 is 11.6 Å². The summed E-state index contributed by atoms with van der Waals surface area (Å²) in [5.74, 6) is 0.898. The van der Waals surface area contributed by atoms with Gasteiger partial charge in [0.05, 0.1) is 5.52 Å². The first kappa shape index (κ1) is 12.1. The SMILES string of the molecule is CCN(C)c1nc(Cl)nc2c(C)cc(C)cc12. The number of halogens is 1. The highest BCUT2D eigenvalue weighted by Gasteiger charge is 2.11. The maximum absolute atomic E-state index is 5.99. The highest BCUT2D eigenvalue weighted by molar-refractivity contribution is 6.28. The second-order valence-electron chi connectivity index (χ2n) is 4.31. The molecule has 0 aliphatic heterocycles. The van der Waals surface area contributed by atoms with E-state index in [-0.39, 0.29) is 0 Å². The molecule has 2 aromatic rings. The van der Waals surface area contributed by atoms with Crippen molar-refractivity contribution in [3.05, 3.63) is 28.5 Å². The van der Waals surface area contributed by atoms with E-state index in [0.717, 1.165) is 28.8 Å². The Morgan fingerprint density at radius 2 is 1.94 bits per heavy atom. The van der Waals surface area contributed by atoms with E-state index in [1.807, 2.05) is 14.0 Å². The molecule has 4 heteroatoms. The van der Waals surface area contributed by atoms with Crippen molar-refractivity contribution in [3.63, 3.8) is 0 Å². The predicted molar refractivity (Wildman–Crippen MR) is 73.0 cm³/mol. The van der Waals surface area contributed by atoms with E-state index < -0.39 is 0 Å². The van der Waals surface area contributed by atoms with Gasteiger partial charge in [0.25, 0.3) is 0 Å². The number of hydrogen-bond acceptors (Lipinski definition) is 3. The smallest absolute Gasteiger partial charge is 0.224 e. The largest absolute Gasteiger partial charge is 0.359 e. The number of rotatable bonds is 2. The fourth-order valence-corrected chi connectivity index (χ4v) is 2.15. The Kier molecular flexibility index (Phi) is 3.20. The van der Waals surface area contributed by atoms with E-state index in [0.29, 0.717) is 5.28 Å². The van der Waals surface area contributed by atoms with Crippen molar-refractivity contribution in [1.82, 2.24) is 9.97 Å². The first-order valence-electron chi connectivity index (χ1n) is 5.68. The van der Waals surface area contributed by atoms with Crippen LogP contribution in [0.4, 0.5) is 5.82 Å². The average Bonchev–Trinajstić information content (AvgIpc) is 2.28. The molecule has 17 heavy (non-hydrogen) atoms. The Morgan fingerprint density at radius 3 is 2.59 bits per heavy atom. The zero-order valence-electron chi connectivity index (χ0n) is 10.6. The molecule has 0 saturated carbocycles. The Morgan fingerprint density at radius 1 is 1.24 bits per heavy atom. The van der Waals surface area contributed by atoms with Crippen LogP contribution in [-0.4, -0.2) is 23.6 Å². The number of hydrogen-bond donors (Lipinski definition) is 0. The monoisotopic (exact) mass is 249 g/mol. The second-order valence-corrected chi connectivity index (χ2v) is 4.65. The minimum Gasteiger partial charge on any atom is -0.359 e. The Bertz CT molecular complexity index is 566. The molecular formula is C13H16ClN3. The summed E-state index contributed by atoms with van der Waals surface area (Å²) in [7, 11) is 2.01. The van der Waals surface area contributed by atoms with E-state index in [1.54, 1.807) is 0 Å². The summed E-state index contributed by atoms with van der Waals surface area (Å²) in [6.45, 7) is 7.10. The molecule has 0 fully saturated rings. The number of nitrogens with zero attached hydrogens (tertiary/aromatic N) is 3. The summed E-state index contributed by atoms with van der Waals surface area (Å²) in [4.78, 5) is 10.7. The van der Waals surface area contributed by atoms with Crippen LogP contribution in [0.5, 0.6) is 0 Å². The molecule has 3 nitrogen and oxygen atoms in total. The van der Waals surface area contributed by atoms with Gasteiger partial charge in [0.2, 0.25) is 5.28 Å². The van der Waals surface area contributed by atoms with E-state index in [1.165, 1.54) is 5.56 Å². The summed E-state index contributed by atoms with van der Waals surface area (Å²) in [6, 6.07) is 4.22. The Hall–Kier alpha value is -1.35. The minimum atomic E-state index is 0.305. The molecule has 90 valence electrons. The van der Waals surface area contributed by atoms with Crippen molar-refractivity contribution < 1.29 is 0 Å². The molecule has 0 aliphatic carbocycles. The second kappa shape index (κ2) is 4.49. The molecule has 0 unspecified atom stereocenters. The van der Waals surface area contributed by atoms with Crippen LogP contribution in [0.2, 0.25) is 5.28 Å². The number of aryl methyl sites for hydroxylation is 2. The molecule has 0 bridgehead atoms. The van der Waals surface area contributed by atoms with Gasteiger partial charge in [-0.1, -0.05) is 6.07 Å². The topological polar surface area (TPSA) is 29.0 Å². The molecule has 0 spiro atoms. The van der Waals surface area contributed by atoms with E-state index >= 15 is 0 Å². The maximum Gasteiger partial charge on any atom is 0.224 e. The summed E-state index contributed by atoms with van der Waals surface area (Å²) in [5, 5.41) is 1.37. The first-order valence-corrected chi connectivity index (χ1v) is 6.06. The van der Waals surface area contributed by atoms with Gasteiger partial charge in [-0.3, -0.25) is 0 Å². The molecule has 1 aromatic heterocycles. The number of fused-ring (bicyclic) bond motifs is 1. The van der Waals surface area contributed by atoms with Gasteiger partial charge >= 0.3 is 0 Å². The molecule has 2 rings (SSSR count). The highest BCUT2D eigenvalue weighted by Crippen LogP contribution is 2.27. The standard InChI is InChI=1S/C13H16ClN3/c1-5-17(4)12-10-7-8(2)6-9(3)11(10)15-13(14)16-12/h6-7H,5H2,1-4H3. The lowest BCUT2D eigenvalue weighted by Gasteiger charge is -2.18. The van der Waals surface area contributed by atoms with Gasteiger partial charge in [0.15, 0.2) is 0 Å². The van der Waals surface area contributed by atoms with Gasteiger partial charge in [-0.25, -0.2) is 4.98 Å². The summed E-state index contributed by atoms with van der Waals surface area (Å²) >= 11 is 5.99. The lowest BCUT2D eigenvalue weighted by Crippen LogP contribution is -2.18. The normalized spacial score (nSPS) is 10.9. The third-order valence-corrected chi connectivity index (χ3v) is 3.09. The predicted octanol–water partition coefficient (Wildman–Crippen LogP) is 3.36.